The van der Waals surface area contributed by atoms with Gasteiger partial charge in [-0.3, -0.25) is 0 Å². The largest absolute Gasteiger partial charge is 0.484 e. The molecule has 2 aromatic carbocycles. The molecule has 24 heavy (non-hydrogen) atoms. The lowest BCUT2D eigenvalue weighted by Gasteiger charge is -2.04. The number of aromatic nitrogens is 1. The molecule has 0 aliphatic rings. The third kappa shape index (κ3) is 3.96. The van der Waals surface area contributed by atoms with E-state index < -0.39 is 9.84 Å². The van der Waals surface area contributed by atoms with Crippen LogP contribution in [0.2, 0.25) is 5.02 Å². The molecule has 3 aromatic rings. The van der Waals surface area contributed by atoms with Gasteiger partial charge in [-0.1, -0.05) is 11.6 Å². The molecule has 0 aliphatic heterocycles. The van der Waals surface area contributed by atoms with E-state index in [9.17, 15) is 8.42 Å². The highest BCUT2D eigenvalue weighted by atomic mass is 35.5. The summed E-state index contributed by atoms with van der Waals surface area (Å²) in [4.78, 5) is 4.41. The van der Waals surface area contributed by atoms with E-state index in [1.165, 1.54) is 12.1 Å². The lowest BCUT2D eigenvalue weighted by molar-refractivity contribution is 0.264. The zero-order chi connectivity index (χ0) is 17.2. The van der Waals surface area contributed by atoms with Gasteiger partial charge in [0.05, 0.1) is 11.1 Å². The first-order valence-corrected chi connectivity index (χ1v) is 9.32. The van der Waals surface area contributed by atoms with Crippen LogP contribution in [-0.4, -0.2) is 19.7 Å². The van der Waals surface area contributed by atoms with E-state index in [0.29, 0.717) is 22.4 Å². The number of sulfone groups is 1. The monoisotopic (exact) mass is 363 g/mol. The molecule has 0 saturated heterocycles. The maximum absolute atomic E-state index is 11.4. The lowest BCUT2D eigenvalue weighted by atomic mass is 10.2. The van der Waals surface area contributed by atoms with Crippen molar-refractivity contribution in [3.05, 3.63) is 65.6 Å². The summed E-state index contributed by atoms with van der Waals surface area (Å²) in [6.45, 7) is 0.145. The van der Waals surface area contributed by atoms with Crippen LogP contribution in [0.4, 0.5) is 0 Å². The molecule has 0 amide bonds. The summed E-state index contributed by atoms with van der Waals surface area (Å²) in [5.74, 6) is 1.58. The van der Waals surface area contributed by atoms with Crippen LogP contribution in [0.5, 0.6) is 5.75 Å². The third-order valence-electron chi connectivity index (χ3n) is 3.30. The first-order chi connectivity index (χ1) is 11.4. The molecule has 0 radical (unpaired) electrons. The van der Waals surface area contributed by atoms with Crippen molar-refractivity contribution in [1.82, 2.24) is 4.98 Å². The predicted molar refractivity (Wildman–Crippen MR) is 90.8 cm³/mol. The van der Waals surface area contributed by atoms with Crippen molar-refractivity contribution in [2.75, 3.05) is 6.26 Å². The summed E-state index contributed by atoms with van der Waals surface area (Å²) in [6.07, 6.45) is 2.78. The van der Waals surface area contributed by atoms with Gasteiger partial charge in [0, 0.05) is 16.8 Å². The number of ether oxygens (including phenoxy) is 1. The SMILES string of the molecule is CS(=O)(=O)c1ccc(OCc2ncc(-c3ccc(Cl)cc3)o2)cc1. The number of nitrogens with zero attached hydrogens (tertiary/aromatic N) is 1. The van der Waals surface area contributed by atoms with E-state index in [4.69, 9.17) is 20.8 Å². The number of oxazole rings is 1. The Hall–Kier alpha value is -2.31. The maximum atomic E-state index is 11.4. The second kappa shape index (κ2) is 6.67. The lowest BCUT2D eigenvalue weighted by Crippen LogP contribution is -1.98. The highest BCUT2D eigenvalue weighted by Gasteiger charge is 2.09. The Balaban J connectivity index is 1.66. The fraction of sp³-hybridized carbons (Fsp3) is 0.118. The van der Waals surface area contributed by atoms with Crippen molar-refractivity contribution in [1.29, 1.82) is 0 Å². The van der Waals surface area contributed by atoms with Crippen LogP contribution in [0.25, 0.3) is 11.3 Å². The number of rotatable bonds is 5. The van der Waals surface area contributed by atoms with Gasteiger partial charge in [-0.2, -0.15) is 0 Å². The molecule has 124 valence electrons. The Morgan fingerprint density at radius 1 is 1.08 bits per heavy atom. The van der Waals surface area contributed by atoms with Crippen LogP contribution < -0.4 is 4.74 Å². The second-order valence-corrected chi connectivity index (χ2v) is 7.61. The summed E-state index contributed by atoms with van der Waals surface area (Å²) in [5.41, 5.74) is 0.871. The normalized spacial score (nSPS) is 11.4. The summed E-state index contributed by atoms with van der Waals surface area (Å²) < 4.78 is 34.0. The molecule has 0 saturated carbocycles. The number of halogens is 1. The highest BCUT2D eigenvalue weighted by Crippen LogP contribution is 2.23. The number of hydrogen-bond acceptors (Lipinski definition) is 5. The molecule has 0 unspecified atom stereocenters. The molecule has 0 bridgehead atoms. The third-order valence-corrected chi connectivity index (χ3v) is 4.68. The Morgan fingerprint density at radius 2 is 1.75 bits per heavy atom. The molecule has 7 heteroatoms. The fourth-order valence-corrected chi connectivity index (χ4v) is 2.81. The van der Waals surface area contributed by atoms with Gasteiger partial charge in [-0.25, -0.2) is 13.4 Å². The summed E-state index contributed by atoms with van der Waals surface area (Å²) in [6, 6.07) is 13.4. The molecule has 0 aliphatic carbocycles. The second-order valence-electron chi connectivity index (χ2n) is 5.16. The van der Waals surface area contributed by atoms with E-state index in [-0.39, 0.29) is 11.5 Å². The molecule has 5 nitrogen and oxygen atoms in total. The van der Waals surface area contributed by atoms with Gasteiger partial charge >= 0.3 is 0 Å². The predicted octanol–water partition coefficient (Wildman–Crippen LogP) is 3.98. The minimum absolute atomic E-state index is 0.145. The van der Waals surface area contributed by atoms with Gasteiger partial charge in [0.25, 0.3) is 0 Å². The van der Waals surface area contributed by atoms with Crippen molar-refractivity contribution in [3.8, 4) is 17.1 Å². The number of benzene rings is 2. The summed E-state index contributed by atoms with van der Waals surface area (Å²) in [7, 11) is -3.21. The van der Waals surface area contributed by atoms with Crippen molar-refractivity contribution in [2.24, 2.45) is 0 Å². The van der Waals surface area contributed by atoms with E-state index in [2.05, 4.69) is 4.98 Å². The van der Waals surface area contributed by atoms with Crippen LogP contribution in [0.3, 0.4) is 0 Å². The molecular weight excluding hydrogens is 350 g/mol. The highest BCUT2D eigenvalue weighted by molar-refractivity contribution is 7.90. The average molecular weight is 364 g/mol. The first kappa shape index (κ1) is 16.5. The molecule has 3 rings (SSSR count). The quantitative estimate of drug-likeness (QED) is 0.685. The molecular formula is C17H14ClNO4S. The summed E-state index contributed by atoms with van der Waals surface area (Å²) >= 11 is 5.86. The molecule has 1 aromatic heterocycles. The van der Waals surface area contributed by atoms with Gasteiger partial charge < -0.3 is 9.15 Å². The zero-order valence-electron chi connectivity index (χ0n) is 12.8. The Kier molecular flexibility index (Phi) is 4.59. The van der Waals surface area contributed by atoms with Crippen LogP contribution in [0.1, 0.15) is 5.89 Å². The van der Waals surface area contributed by atoms with Crippen LogP contribution in [-0.2, 0) is 16.4 Å². The molecule has 0 atom stereocenters. The van der Waals surface area contributed by atoms with E-state index in [1.54, 1.807) is 30.5 Å². The average Bonchev–Trinajstić information content (AvgIpc) is 3.02. The van der Waals surface area contributed by atoms with Crippen molar-refractivity contribution < 1.29 is 17.6 Å². The molecule has 0 N–H and O–H groups in total. The van der Waals surface area contributed by atoms with E-state index in [0.717, 1.165) is 11.8 Å². The van der Waals surface area contributed by atoms with Gasteiger partial charge in [0.15, 0.2) is 22.2 Å². The number of hydrogen-bond donors (Lipinski definition) is 0. The summed E-state index contributed by atoms with van der Waals surface area (Å²) in [5, 5.41) is 0.652. The van der Waals surface area contributed by atoms with E-state index >= 15 is 0 Å². The topological polar surface area (TPSA) is 69.4 Å². The Bertz CT molecular complexity index is 931. The fourth-order valence-electron chi connectivity index (χ4n) is 2.05. The van der Waals surface area contributed by atoms with Gasteiger partial charge in [-0.15, -0.1) is 0 Å². The molecule has 0 fully saturated rings. The minimum atomic E-state index is -3.21. The Morgan fingerprint density at radius 3 is 2.38 bits per heavy atom. The van der Waals surface area contributed by atoms with Crippen molar-refractivity contribution >= 4 is 21.4 Å². The Labute approximate surface area is 144 Å². The smallest absolute Gasteiger partial charge is 0.232 e. The molecule has 0 spiro atoms. The van der Waals surface area contributed by atoms with Crippen molar-refractivity contribution in [3.63, 3.8) is 0 Å². The molecule has 1 heterocycles. The van der Waals surface area contributed by atoms with Crippen LogP contribution in [0.15, 0.2) is 64.0 Å². The maximum Gasteiger partial charge on any atom is 0.232 e. The van der Waals surface area contributed by atoms with Crippen molar-refractivity contribution in [2.45, 2.75) is 11.5 Å². The van der Waals surface area contributed by atoms with Gasteiger partial charge in [0.2, 0.25) is 5.89 Å². The minimum Gasteiger partial charge on any atom is -0.484 e. The van der Waals surface area contributed by atoms with E-state index in [1.807, 2.05) is 12.1 Å². The van der Waals surface area contributed by atoms with Crippen LogP contribution in [0, 0.1) is 0 Å². The zero-order valence-corrected chi connectivity index (χ0v) is 14.3. The standard InChI is InChI=1S/C17H14ClNO4S/c1-24(20,21)15-8-6-14(7-9-15)22-11-17-19-10-16(23-17)12-2-4-13(18)5-3-12/h2-10H,11H2,1H3. The first-order valence-electron chi connectivity index (χ1n) is 7.05. The van der Waals surface area contributed by atoms with Gasteiger partial charge in [0.1, 0.15) is 5.75 Å². The van der Waals surface area contributed by atoms with Crippen LogP contribution >= 0.6 is 11.6 Å². The van der Waals surface area contributed by atoms with Gasteiger partial charge in [-0.05, 0) is 48.5 Å².